The van der Waals surface area contributed by atoms with E-state index in [1.165, 1.54) is 6.26 Å². The zero-order chi connectivity index (χ0) is 14.1. The Morgan fingerprint density at radius 2 is 2.00 bits per heavy atom. The van der Waals surface area contributed by atoms with Crippen LogP contribution in [0.5, 0.6) is 0 Å². The number of thioether (sulfide) groups is 1. The summed E-state index contributed by atoms with van der Waals surface area (Å²) in [5.74, 6) is 2.25. The number of rotatable bonds is 3. The van der Waals surface area contributed by atoms with Gasteiger partial charge in [0.2, 0.25) is 0 Å². The Morgan fingerprint density at radius 3 is 2.58 bits per heavy atom. The molecule has 112 valence electrons. The highest BCUT2D eigenvalue weighted by atomic mass is 32.2. The van der Waals surface area contributed by atoms with Crippen molar-refractivity contribution >= 4 is 21.6 Å². The van der Waals surface area contributed by atoms with Gasteiger partial charge in [-0.1, -0.05) is 0 Å². The maximum absolute atomic E-state index is 11.6. The van der Waals surface area contributed by atoms with Crippen LogP contribution in [-0.2, 0) is 14.6 Å². The summed E-state index contributed by atoms with van der Waals surface area (Å²) in [6.07, 6.45) is 4.03. The van der Waals surface area contributed by atoms with E-state index in [0.717, 1.165) is 37.2 Å². The van der Waals surface area contributed by atoms with E-state index >= 15 is 0 Å². The average molecular weight is 308 g/mol. The number of aliphatic hydroxyl groups is 1. The molecular formula is C13H24O4S2. The lowest BCUT2D eigenvalue weighted by atomic mass is 9.79. The number of sulfone groups is 1. The van der Waals surface area contributed by atoms with E-state index in [0.29, 0.717) is 6.61 Å². The van der Waals surface area contributed by atoms with Crippen LogP contribution in [-0.4, -0.2) is 54.8 Å². The van der Waals surface area contributed by atoms with E-state index in [1.807, 2.05) is 11.8 Å². The van der Waals surface area contributed by atoms with Crippen molar-refractivity contribution in [2.75, 3.05) is 24.4 Å². The van der Waals surface area contributed by atoms with Gasteiger partial charge in [-0.3, -0.25) is 0 Å². The fourth-order valence-electron chi connectivity index (χ4n) is 3.09. The average Bonchev–Trinajstić information content (AvgIpc) is 2.37. The molecular weight excluding hydrogens is 284 g/mol. The molecule has 2 rings (SSSR count). The summed E-state index contributed by atoms with van der Waals surface area (Å²) in [7, 11) is -3.19. The highest BCUT2D eigenvalue weighted by Gasteiger charge is 2.42. The Kier molecular flexibility index (Phi) is 4.86. The van der Waals surface area contributed by atoms with Gasteiger partial charge in [0.25, 0.3) is 0 Å². The lowest BCUT2D eigenvalue weighted by Gasteiger charge is -2.45. The van der Waals surface area contributed by atoms with Crippen molar-refractivity contribution in [3.63, 3.8) is 0 Å². The summed E-state index contributed by atoms with van der Waals surface area (Å²) in [5.41, 5.74) is -0.105. The Hall–Kier alpha value is 0.220. The molecule has 2 aliphatic heterocycles. The Labute approximate surface area is 120 Å². The molecule has 1 spiro atoms. The minimum atomic E-state index is -3.19. The quantitative estimate of drug-likeness (QED) is 0.855. The number of hydrogen-bond donors (Lipinski definition) is 1. The van der Waals surface area contributed by atoms with Crippen molar-refractivity contribution in [2.24, 2.45) is 5.92 Å². The van der Waals surface area contributed by atoms with E-state index in [4.69, 9.17) is 4.74 Å². The van der Waals surface area contributed by atoms with Crippen molar-refractivity contribution in [2.45, 2.75) is 49.6 Å². The molecule has 3 unspecified atom stereocenters. The molecule has 6 heteroatoms. The SMILES string of the molecule is CC(C(O)C1CCOC2(CCSCC2)C1)S(C)(=O)=O. The molecule has 0 radical (unpaired) electrons. The second kappa shape index (κ2) is 5.92. The monoisotopic (exact) mass is 308 g/mol. The Bertz CT molecular complexity index is 395. The maximum Gasteiger partial charge on any atom is 0.152 e. The highest BCUT2D eigenvalue weighted by Crippen LogP contribution is 2.41. The first-order valence-electron chi connectivity index (χ1n) is 6.93. The van der Waals surface area contributed by atoms with Crippen LogP contribution in [0, 0.1) is 5.92 Å². The summed E-state index contributed by atoms with van der Waals surface area (Å²) >= 11 is 1.94. The van der Waals surface area contributed by atoms with Gasteiger partial charge >= 0.3 is 0 Å². The summed E-state index contributed by atoms with van der Waals surface area (Å²) in [4.78, 5) is 0. The van der Waals surface area contributed by atoms with Gasteiger partial charge in [-0.15, -0.1) is 0 Å². The predicted octanol–water partition coefficient (Wildman–Crippen LogP) is 1.47. The van der Waals surface area contributed by atoms with E-state index in [2.05, 4.69) is 0 Å². The largest absolute Gasteiger partial charge is 0.391 e. The van der Waals surface area contributed by atoms with Crippen molar-refractivity contribution in [1.82, 2.24) is 0 Å². The molecule has 0 amide bonds. The molecule has 2 fully saturated rings. The third-order valence-electron chi connectivity index (χ3n) is 4.57. The summed E-state index contributed by atoms with van der Waals surface area (Å²) in [5, 5.41) is 9.66. The first-order chi connectivity index (χ1) is 8.84. The van der Waals surface area contributed by atoms with Gasteiger partial charge in [-0.2, -0.15) is 11.8 Å². The van der Waals surface area contributed by atoms with E-state index in [1.54, 1.807) is 6.92 Å². The predicted molar refractivity (Wildman–Crippen MR) is 78.3 cm³/mol. The third kappa shape index (κ3) is 3.65. The van der Waals surface area contributed by atoms with Gasteiger partial charge in [-0.05, 0) is 50.0 Å². The molecule has 2 aliphatic rings. The van der Waals surface area contributed by atoms with Crippen molar-refractivity contribution in [3.05, 3.63) is 0 Å². The third-order valence-corrected chi connectivity index (χ3v) is 7.19. The van der Waals surface area contributed by atoms with Crippen molar-refractivity contribution < 1.29 is 18.3 Å². The fourth-order valence-corrected chi connectivity index (χ4v) is 5.05. The number of aliphatic hydroxyl groups excluding tert-OH is 1. The summed E-state index contributed by atoms with van der Waals surface area (Å²) in [6, 6.07) is 0. The fraction of sp³-hybridized carbons (Fsp3) is 1.00. The molecule has 4 nitrogen and oxygen atoms in total. The zero-order valence-electron chi connectivity index (χ0n) is 11.7. The molecule has 19 heavy (non-hydrogen) atoms. The lowest BCUT2D eigenvalue weighted by molar-refractivity contribution is -0.120. The highest BCUT2D eigenvalue weighted by molar-refractivity contribution is 7.99. The van der Waals surface area contributed by atoms with Crippen LogP contribution in [0.3, 0.4) is 0 Å². The zero-order valence-corrected chi connectivity index (χ0v) is 13.3. The van der Waals surface area contributed by atoms with Gasteiger partial charge in [0.15, 0.2) is 9.84 Å². The van der Waals surface area contributed by atoms with Crippen molar-refractivity contribution in [3.8, 4) is 0 Å². The molecule has 1 N–H and O–H groups in total. The molecule has 0 aliphatic carbocycles. The first kappa shape index (κ1) is 15.6. The topological polar surface area (TPSA) is 63.6 Å². The maximum atomic E-state index is 11.6. The minimum Gasteiger partial charge on any atom is -0.391 e. The van der Waals surface area contributed by atoms with Gasteiger partial charge in [0, 0.05) is 12.9 Å². The van der Waals surface area contributed by atoms with Crippen LogP contribution in [0.2, 0.25) is 0 Å². The Balaban J connectivity index is 2.04. The second-order valence-electron chi connectivity index (χ2n) is 5.92. The first-order valence-corrected chi connectivity index (χ1v) is 10.0. The molecule has 0 aromatic rings. The standard InChI is InChI=1S/C13H24O4S2/c1-10(19(2,15)16)12(14)11-3-6-17-13(9-11)4-7-18-8-5-13/h10-12,14H,3-9H2,1-2H3. The second-order valence-corrected chi connectivity index (χ2v) is 9.55. The van der Waals surface area contributed by atoms with E-state index < -0.39 is 21.2 Å². The Morgan fingerprint density at radius 1 is 1.37 bits per heavy atom. The van der Waals surface area contributed by atoms with Crippen molar-refractivity contribution in [1.29, 1.82) is 0 Å². The van der Waals surface area contributed by atoms with Crippen LogP contribution < -0.4 is 0 Å². The van der Waals surface area contributed by atoms with Crippen LogP contribution in [0.25, 0.3) is 0 Å². The number of ether oxygens (including phenoxy) is 1. The lowest BCUT2D eigenvalue weighted by Crippen LogP contribution is -2.48. The van der Waals surface area contributed by atoms with Crippen LogP contribution >= 0.6 is 11.8 Å². The molecule has 0 saturated carbocycles. The van der Waals surface area contributed by atoms with E-state index in [9.17, 15) is 13.5 Å². The normalized spacial score (nSPS) is 31.0. The smallest absolute Gasteiger partial charge is 0.152 e. The van der Waals surface area contributed by atoms with Gasteiger partial charge in [0.1, 0.15) is 0 Å². The van der Waals surface area contributed by atoms with Gasteiger partial charge in [-0.25, -0.2) is 8.42 Å². The molecule has 2 heterocycles. The molecule has 2 saturated heterocycles. The van der Waals surface area contributed by atoms with Crippen LogP contribution in [0.1, 0.15) is 32.6 Å². The minimum absolute atomic E-state index is 0.0431. The summed E-state index contributed by atoms with van der Waals surface area (Å²) in [6.45, 7) is 2.25. The summed E-state index contributed by atoms with van der Waals surface area (Å²) < 4.78 is 29.2. The van der Waals surface area contributed by atoms with Crippen LogP contribution in [0.4, 0.5) is 0 Å². The van der Waals surface area contributed by atoms with E-state index in [-0.39, 0.29) is 11.5 Å². The van der Waals surface area contributed by atoms with Gasteiger partial charge < -0.3 is 9.84 Å². The van der Waals surface area contributed by atoms with Gasteiger partial charge in [0.05, 0.1) is 17.0 Å². The molecule has 3 atom stereocenters. The number of hydrogen-bond acceptors (Lipinski definition) is 5. The molecule has 0 aromatic heterocycles. The van der Waals surface area contributed by atoms with Crippen LogP contribution in [0.15, 0.2) is 0 Å². The molecule has 0 bridgehead atoms. The molecule has 0 aromatic carbocycles.